The van der Waals surface area contributed by atoms with Crippen LogP contribution in [0.5, 0.6) is 5.75 Å². The minimum atomic E-state index is -4.45. The Bertz CT molecular complexity index is 774. The third-order valence-electron chi connectivity index (χ3n) is 3.20. The molecule has 10 heteroatoms. The van der Waals surface area contributed by atoms with Gasteiger partial charge in [0, 0.05) is 20.0 Å². The summed E-state index contributed by atoms with van der Waals surface area (Å²) >= 11 is 0. The van der Waals surface area contributed by atoms with E-state index < -0.39 is 17.6 Å². The van der Waals surface area contributed by atoms with Crippen LogP contribution in [0.15, 0.2) is 30.3 Å². The number of aromatic amines is 1. The summed E-state index contributed by atoms with van der Waals surface area (Å²) in [7, 11) is 0. The lowest BCUT2D eigenvalue weighted by Crippen LogP contribution is -2.33. The van der Waals surface area contributed by atoms with Gasteiger partial charge in [-0.3, -0.25) is 14.7 Å². The molecule has 7 nitrogen and oxygen atoms in total. The van der Waals surface area contributed by atoms with Crippen molar-refractivity contribution in [1.29, 1.82) is 0 Å². The van der Waals surface area contributed by atoms with E-state index in [9.17, 15) is 22.8 Å². The van der Waals surface area contributed by atoms with Gasteiger partial charge in [-0.25, -0.2) is 0 Å². The van der Waals surface area contributed by atoms with Crippen LogP contribution in [0.2, 0.25) is 0 Å². The average Bonchev–Trinajstić information content (AvgIpc) is 3.05. The zero-order valence-corrected chi connectivity index (χ0v) is 13.8. The molecule has 0 atom stereocenters. The Kier molecular flexibility index (Phi) is 6.21. The number of hydrogen-bond acceptors (Lipinski definition) is 4. The van der Waals surface area contributed by atoms with Gasteiger partial charge in [0.05, 0.1) is 11.3 Å². The molecule has 0 aliphatic heterocycles. The van der Waals surface area contributed by atoms with Gasteiger partial charge < -0.3 is 15.4 Å². The number of carbonyl (C=O) groups excluding carboxylic acids is 2. The second-order valence-corrected chi connectivity index (χ2v) is 5.33. The van der Waals surface area contributed by atoms with Crippen molar-refractivity contribution in [2.75, 3.05) is 13.1 Å². The number of aromatic nitrogens is 2. The Morgan fingerprint density at radius 3 is 2.62 bits per heavy atom. The van der Waals surface area contributed by atoms with Gasteiger partial charge in [-0.15, -0.1) is 0 Å². The summed E-state index contributed by atoms with van der Waals surface area (Å²) in [5, 5.41) is 11.5. The SMILES string of the molecule is CC(=O)NCCNC(=O)c1cc(COc2cccc(C(F)(F)F)c2)[nH]n1. The zero-order valence-electron chi connectivity index (χ0n) is 13.8. The molecule has 0 saturated carbocycles. The van der Waals surface area contributed by atoms with E-state index in [0.717, 1.165) is 12.1 Å². The van der Waals surface area contributed by atoms with Crippen LogP contribution in [0.1, 0.15) is 28.7 Å². The second kappa shape index (κ2) is 8.37. The lowest BCUT2D eigenvalue weighted by Gasteiger charge is -2.09. The van der Waals surface area contributed by atoms with Crippen LogP contribution in [0.4, 0.5) is 13.2 Å². The van der Waals surface area contributed by atoms with Crippen LogP contribution in [0.25, 0.3) is 0 Å². The summed E-state index contributed by atoms with van der Waals surface area (Å²) < 4.78 is 43.3. The van der Waals surface area contributed by atoms with Crippen molar-refractivity contribution >= 4 is 11.8 Å². The molecule has 1 aromatic carbocycles. The molecule has 2 amide bonds. The summed E-state index contributed by atoms with van der Waals surface area (Å²) in [6.07, 6.45) is -4.45. The van der Waals surface area contributed by atoms with Crippen LogP contribution in [-0.2, 0) is 17.6 Å². The number of benzene rings is 1. The van der Waals surface area contributed by atoms with Crippen molar-refractivity contribution in [3.63, 3.8) is 0 Å². The fourth-order valence-corrected chi connectivity index (χ4v) is 1.98. The molecule has 0 unspecified atom stereocenters. The minimum Gasteiger partial charge on any atom is -0.487 e. The molecule has 0 aliphatic rings. The lowest BCUT2D eigenvalue weighted by atomic mass is 10.2. The van der Waals surface area contributed by atoms with Crippen LogP contribution < -0.4 is 15.4 Å². The van der Waals surface area contributed by atoms with Gasteiger partial charge in [0.1, 0.15) is 18.1 Å². The highest BCUT2D eigenvalue weighted by Gasteiger charge is 2.30. The number of H-pyrrole nitrogens is 1. The smallest absolute Gasteiger partial charge is 0.416 e. The number of amides is 2. The molecular formula is C16H17F3N4O3. The average molecular weight is 370 g/mol. The lowest BCUT2D eigenvalue weighted by molar-refractivity contribution is -0.137. The molecule has 3 N–H and O–H groups in total. The molecule has 0 saturated heterocycles. The summed E-state index contributed by atoms with van der Waals surface area (Å²) in [6.45, 7) is 1.82. The topological polar surface area (TPSA) is 96.1 Å². The Labute approximate surface area is 146 Å². The summed E-state index contributed by atoms with van der Waals surface area (Å²) in [6, 6.07) is 5.93. The van der Waals surface area contributed by atoms with Gasteiger partial charge in [-0.05, 0) is 24.3 Å². The van der Waals surface area contributed by atoms with E-state index in [4.69, 9.17) is 4.74 Å². The molecule has 0 aliphatic carbocycles. The third kappa shape index (κ3) is 5.80. The first-order valence-corrected chi connectivity index (χ1v) is 7.62. The van der Waals surface area contributed by atoms with Crippen LogP contribution in [0.3, 0.4) is 0 Å². The van der Waals surface area contributed by atoms with Crippen molar-refractivity contribution in [3.8, 4) is 5.75 Å². The molecule has 2 aromatic rings. The van der Waals surface area contributed by atoms with Crippen molar-refractivity contribution in [2.24, 2.45) is 0 Å². The maximum atomic E-state index is 12.7. The first kappa shape index (κ1) is 19.3. The molecule has 1 aromatic heterocycles. The predicted octanol–water partition coefficient (Wildman–Crippen LogP) is 1.87. The standard InChI is InChI=1S/C16H17F3N4O3/c1-10(24)20-5-6-21-15(25)14-8-12(22-23-14)9-26-13-4-2-3-11(7-13)16(17,18)19/h2-4,7-8H,5-6,9H2,1H3,(H,20,24)(H,21,25)(H,22,23). The highest BCUT2D eigenvalue weighted by molar-refractivity contribution is 5.92. The van der Waals surface area contributed by atoms with Crippen molar-refractivity contribution in [3.05, 3.63) is 47.3 Å². The molecule has 0 fully saturated rings. The van der Waals surface area contributed by atoms with E-state index in [1.54, 1.807) is 0 Å². The Morgan fingerprint density at radius 1 is 1.19 bits per heavy atom. The summed E-state index contributed by atoms with van der Waals surface area (Å²) in [5.74, 6) is -0.597. The fourth-order valence-electron chi connectivity index (χ4n) is 1.98. The van der Waals surface area contributed by atoms with Gasteiger partial charge in [0.25, 0.3) is 5.91 Å². The Hall–Kier alpha value is -3.04. The number of nitrogens with one attached hydrogen (secondary N) is 3. The van der Waals surface area contributed by atoms with E-state index in [-0.39, 0.29) is 37.0 Å². The quantitative estimate of drug-likeness (QED) is 0.649. The van der Waals surface area contributed by atoms with Crippen molar-refractivity contribution < 1.29 is 27.5 Å². The maximum Gasteiger partial charge on any atom is 0.416 e. The van der Waals surface area contributed by atoms with E-state index in [1.807, 2.05) is 0 Å². The van der Waals surface area contributed by atoms with Crippen molar-refractivity contribution in [1.82, 2.24) is 20.8 Å². The molecule has 140 valence electrons. The number of nitrogens with zero attached hydrogens (tertiary/aromatic N) is 1. The van der Waals surface area contributed by atoms with Gasteiger partial charge in [-0.1, -0.05) is 6.07 Å². The van der Waals surface area contributed by atoms with Crippen molar-refractivity contribution in [2.45, 2.75) is 19.7 Å². The number of hydrogen-bond donors (Lipinski definition) is 3. The summed E-state index contributed by atoms with van der Waals surface area (Å²) in [4.78, 5) is 22.6. The number of rotatable bonds is 7. The molecule has 0 bridgehead atoms. The molecular weight excluding hydrogens is 353 g/mol. The zero-order chi connectivity index (χ0) is 19.2. The molecule has 0 radical (unpaired) electrons. The van der Waals surface area contributed by atoms with E-state index in [0.29, 0.717) is 5.69 Å². The van der Waals surface area contributed by atoms with Gasteiger partial charge in [0.2, 0.25) is 5.91 Å². The minimum absolute atomic E-state index is 0.0516. The first-order chi connectivity index (χ1) is 12.3. The molecule has 26 heavy (non-hydrogen) atoms. The second-order valence-electron chi connectivity index (χ2n) is 5.33. The Balaban J connectivity index is 1.86. The highest BCUT2D eigenvalue weighted by Crippen LogP contribution is 2.31. The van der Waals surface area contributed by atoms with E-state index in [2.05, 4.69) is 20.8 Å². The largest absolute Gasteiger partial charge is 0.487 e. The van der Waals surface area contributed by atoms with E-state index >= 15 is 0 Å². The fraction of sp³-hybridized carbons (Fsp3) is 0.312. The number of carbonyl (C=O) groups is 2. The van der Waals surface area contributed by atoms with Gasteiger partial charge in [-0.2, -0.15) is 18.3 Å². The summed E-state index contributed by atoms with van der Waals surface area (Å²) in [5.41, 5.74) is -0.274. The maximum absolute atomic E-state index is 12.7. The monoisotopic (exact) mass is 370 g/mol. The van der Waals surface area contributed by atoms with Crippen LogP contribution in [0, 0.1) is 0 Å². The third-order valence-corrected chi connectivity index (χ3v) is 3.20. The van der Waals surface area contributed by atoms with Crippen LogP contribution in [-0.4, -0.2) is 35.1 Å². The highest BCUT2D eigenvalue weighted by atomic mass is 19.4. The number of halogens is 3. The van der Waals surface area contributed by atoms with Crippen LogP contribution >= 0.6 is 0 Å². The van der Waals surface area contributed by atoms with E-state index in [1.165, 1.54) is 25.1 Å². The van der Waals surface area contributed by atoms with Gasteiger partial charge >= 0.3 is 6.18 Å². The molecule has 1 heterocycles. The van der Waals surface area contributed by atoms with Gasteiger partial charge in [0.15, 0.2) is 0 Å². The number of alkyl halides is 3. The predicted molar refractivity (Wildman–Crippen MR) is 85.4 cm³/mol. The Morgan fingerprint density at radius 2 is 1.92 bits per heavy atom. The number of ether oxygens (including phenoxy) is 1. The normalized spacial score (nSPS) is 11.1. The molecule has 2 rings (SSSR count). The molecule has 0 spiro atoms. The first-order valence-electron chi connectivity index (χ1n) is 7.62.